The smallest absolute Gasteiger partial charge is 0.353 e. The number of benzene rings is 2. The zero-order valence-corrected chi connectivity index (χ0v) is 15.6. The fourth-order valence-corrected chi connectivity index (χ4v) is 3.14. The second kappa shape index (κ2) is 8.02. The van der Waals surface area contributed by atoms with Crippen LogP contribution in [0.3, 0.4) is 0 Å². The molecule has 0 saturated heterocycles. The Labute approximate surface area is 160 Å². The summed E-state index contributed by atoms with van der Waals surface area (Å²) >= 11 is 0. The van der Waals surface area contributed by atoms with Gasteiger partial charge in [-0.1, -0.05) is 42.5 Å². The van der Waals surface area contributed by atoms with Gasteiger partial charge in [-0.05, 0) is 31.8 Å². The lowest BCUT2D eigenvalue weighted by atomic mass is 10.1. The highest BCUT2D eigenvalue weighted by molar-refractivity contribution is 5.81. The molecule has 8 heteroatoms. The average molecular weight is 390 g/mol. The van der Waals surface area contributed by atoms with Gasteiger partial charge in [-0.2, -0.15) is 13.2 Å². The Hall–Kier alpha value is -2.87. The normalized spacial score (nSPS) is 13.1. The number of hydrogen-bond donors (Lipinski definition) is 1. The predicted octanol–water partition coefficient (Wildman–Crippen LogP) is 3.47. The minimum absolute atomic E-state index is 0.0910. The second-order valence-corrected chi connectivity index (χ2v) is 6.70. The van der Waals surface area contributed by atoms with Crippen molar-refractivity contribution < 1.29 is 18.0 Å². The Morgan fingerprint density at radius 3 is 2.39 bits per heavy atom. The highest BCUT2D eigenvalue weighted by Gasteiger charge is 2.38. The van der Waals surface area contributed by atoms with Crippen LogP contribution in [0, 0.1) is 0 Å². The summed E-state index contributed by atoms with van der Waals surface area (Å²) in [5.74, 6) is -1.58. The Kier molecular flexibility index (Phi) is 5.69. The number of carbonyl (C=O) groups excluding carboxylic acids is 1. The van der Waals surface area contributed by atoms with Crippen LogP contribution in [0.2, 0.25) is 0 Å². The maximum absolute atomic E-state index is 13.4. The van der Waals surface area contributed by atoms with E-state index >= 15 is 0 Å². The molecule has 0 fully saturated rings. The van der Waals surface area contributed by atoms with Gasteiger partial charge in [-0.3, -0.25) is 4.79 Å². The van der Waals surface area contributed by atoms with Gasteiger partial charge in [0.15, 0.2) is 0 Å². The van der Waals surface area contributed by atoms with Crippen LogP contribution < -0.4 is 5.32 Å². The summed E-state index contributed by atoms with van der Waals surface area (Å²) in [5.41, 5.74) is 1.49. The lowest BCUT2D eigenvalue weighted by Gasteiger charge is -2.25. The van der Waals surface area contributed by atoms with Crippen molar-refractivity contribution in [1.82, 2.24) is 19.8 Å². The number of alkyl halides is 3. The first-order valence-electron chi connectivity index (χ1n) is 8.78. The maximum atomic E-state index is 13.4. The lowest BCUT2D eigenvalue weighted by Crippen LogP contribution is -2.36. The number of imidazole rings is 1. The molecule has 0 saturated carbocycles. The van der Waals surface area contributed by atoms with Gasteiger partial charge in [0.25, 0.3) is 0 Å². The lowest BCUT2D eigenvalue weighted by molar-refractivity contribution is -0.147. The molecule has 3 aromatic rings. The van der Waals surface area contributed by atoms with Gasteiger partial charge in [-0.25, -0.2) is 4.98 Å². The van der Waals surface area contributed by atoms with E-state index in [2.05, 4.69) is 10.3 Å². The summed E-state index contributed by atoms with van der Waals surface area (Å²) in [4.78, 5) is 18.1. The summed E-state index contributed by atoms with van der Waals surface area (Å²) in [6, 6.07) is 15.8. The molecule has 0 bridgehead atoms. The number of rotatable bonds is 6. The summed E-state index contributed by atoms with van der Waals surface area (Å²) < 4.78 is 41.0. The van der Waals surface area contributed by atoms with E-state index in [1.807, 2.05) is 49.3 Å². The molecule has 0 radical (unpaired) electrons. The number of carbonyl (C=O) groups is 1. The molecule has 0 aliphatic rings. The molecule has 0 spiro atoms. The number of halogens is 3. The van der Waals surface area contributed by atoms with E-state index in [9.17, 15) is 18.0 Å². The van der Waals surface area contributed by atoms with E-state index in [-0.39, 0.29) is 23.6 Å². The number of nitrogens with one attached hydrogen (secondary N) is 1. The van der Waals surface area contributed by atoms with Gasteiger partial charge in [0.2, 0.25) is 11.7 Å². The van der Waals surface area contributed by atoms with Crippen LogP contribution in [0.5, 0.6) is 0 Å². The number of nitrogens with zero attached hydrogens (tertiary/aromatic N) is 3. The van der Waals surface area contributed by atoms with E-state index in [0.29, 0.717) is 0 Å². The molecule has 1 N–H and O–H groups in total. The van der Waals surface area contributed by atoms with Gasteiger partial charge >= 0.3 is 6.18 Å². The number of likely N-dealkylation sites (N-methyl/N-ethyl adjacent to an activating group) is 1. The third-order valence-electron chi connectivity index (χ3n) is 4.51. The second-order valence-electron chi connectivity index (χ2n) is 6.70. The zero-order chi connectivity index (χ0) is 20.3. The molecule has 5 nitrogen and oxygen atoms in total. The highest BCUT2D eigenvalue weighted by Crippen LogP contribution is 2.31. The number of para-hydroxylation sites is 2. The number of amides is 1. The quantitative estimate of drug-likeness (QED) is 0.701. The van der Waals surface area contributed by atoms with Crippen molar-refractivity contribution in [2.24, 2.45) is 0 Å². The summed E-state index contributed by atoms with van der Waals surface area (Å²) in [7, 11) is 3.77. The molecule has 1 atom stereocenters. The Morgan fingerprint density at radius 1 is 1.11 bits per heavy atom. The minimum atomic E-state index is -4.64. The van der Waals surface area contributed by atoms with E-state index in [1.54, 1.807) is 12.1 Å². The van der Waals surface area contributed by atoms with Crippen LogP contribution in [-0.2, 0) is 17.5 Å². The predicted molar refractivity (Wildman–Crippen MR) is 101 cm³/mol. The number of fused-ring (bicyclic) bond motifs is 1. The van der Waals surface area contributed by atoms with Gasteiger partial charge in [0, 0.05) is 6.54 Å². The van der Waals surface area contributed by atoms with Crippen LogP contribution in [0.1, 0.15) is 17.4 Å². The van der Waals surface area contributed by atoms with Crippen LogP contribution in [0.15, 0.2) is 54.6 Å². The number of aromatic nitrogens is 2. The minimum Gasteiger partial charge on any atom is -0.353 e. The first-order valence-corrected chi connectivity index (χ1v) is 8.78. The maximum Gasteiger partial charge on any atom is 0.449 e. The van der Waals surface area contributed by atoms with E-state index < -0.39 is 24.5 Å². The summed E-state index contributed by atoms with van der Waals surface area (Å²) in [6.07, 6.45) is -4.64. The molecule has 2 aromatic carbocycles. The molecule has 1 heterocycles. The average Bonchev–Trinajstić information content (AvgIpc) is 3.01. The summed E-state index contributed by atoms with van der Waals surface area (Å²) in [6.45, 7) is -0.172. The van der Waals surface area contributed by atoms with Crippen LogP contribution >= 0.6 is 0 Å². The first-order chi connectivity index (χ1) is 13.3. The first kappa shape index (κ1) is 19.9. The summed E-state index contributed by atoms with van der Waals surface area (Å²) in [5, 5.41) is 2.75. The topological polar surface area (TPSA) is 50.2 Å². The highest BCUT2D eigenvalue weighted by atomic mass is 19.4. The van der Waals surface area contributed by atoms with Gasteiger partial charge in [-0.15, -0.1) is 0 Å². The molecule has 148 valence electrons. The molecule has 3 rings (SSSR count). The Bertz CT molecular complexity index is 951. The third-order valence-corrected chi connectivity index (χ3v) is 4.51. The Balaban J connectivity index is 1.78. The Morgan fingerprint density at radius 2 is 1.75 bits per heavy atom. The van der Waals surface area contributed by atoms with Crippen molar-refractivity contribution in [3.8, 4) is 0 Å². The molecule has 0 unspecified atom stereocenters. The van der Waals surface area contributed by atoms with Crippen molar-refractivity contribution in [2.45, 2.75) is 18.8 Å². The fraction of sp³-hybridized carbons (Fsp3) is 0.300. The molecule has 28 heavy (non-hydrogen) atoms. The third kappa shape index (κ3) is 4.33. The monoisotopic (exact) mass is 390 g/mol. The molecule has 0 aliphatic carbocycles. The molecular formula is C20H21F3N4O. The van der Waals surface area contributed by atoms with Crippen LogP contribution in [0.25, 0.3) is 11.0 Å². The standard InChI is InChI=1S/C20H21F3N4O/c1-26(2)17(14-8-4-3-5-9-14)12-24-18(28)13-27-16-11-7-6-10-15(16)25-19(27)20(21,22)23/h3-11,17H,12-13H2,1-2H3,(H,24,28)/t17-/m0/s1. The van der Waals surface area contributed by atoms with Gasteiger partial charge in [0.1, 0.15) is 6.54 Å². The van der Waals surface area contributed by atoms with E-state index in [0.717, 1.165) is 10.1 Å². The van der Waals surface area contributed by atoms with E-state index in [1.165, 1.54) is 12.1 Å². The van der Waals surface area contributed by atoms with Crippen LogP contribution in [-0.4, -0.2) is 41.0 Å². The van der Waals surface area contributed by atoms with Crippen molar-refractivity contribution in [3.05, 3.63) is 66.0 Å². The van der Waals surface area contributed by atoms with Gasteiger partial charge < -0.3 is 14.8 Å². The van der Waals surface area contributed by atoms with Crippen LogP contribution in [0.4, 0.5) is 13.2 Å². The van der Waals surface area contributed by atoms with Crippen molar-refractivity contribution in [2.75, 3.05) is 20.6 Å². The number of hydrogen-bond acceptors (Lipinski definition) is 3. The van der Waals surface area contributed by atoms with Gasteiger partial charge in [0.05, 0.1) is 17.1 Å². The molecule has 1 amide bonds. The largest absolute Gasteiger partial charge is 0.449 e. The van der Waals surface area contributed by atoms with Crippen molar-refractivity contribution in [1.29, 1.82) is 0 Å². The molecule has 1 aromatic heterocycles. The molecular weight excluding hydrogens is 369 g/mol. The molecule has 0 aliphatic heterocycles. The zero-order valence-electron chi connectivity index (χ0n) is 15.6. The SMILES string of the molecule is CN(C)[C@@H](CNC(=O)Cn1c(C(F)(F)F)nc2ccccc21)c1ccccc1. The van der Waals surface area contributed by atoms with E-state index in [4.69, 9.17) is 0 Å². The van der Waals surface area contributed by atoms with Crippen molar-refractivity contribution in [3.63, 3.8) is 0 Å². The fourth-order valence-electron chi connectivity index (χ4n) is 3.14. The van der Waals surface area contributed by atoms with Crippen molar-refractivity contribution >= 4 is 16.9 Å².